The summed E-state index contributed by atoms with van der Waals surface area (Å²) in [4.78, 5) is 14.2. The van der Waals surface area contributed by atoms with Crippen molar-refractivity contribution in [3.63, 3.8) is 0 Å². The number of rotatable bonds is 2. The number of benzene rings is 1. The van der Waals surface area contributed by atoms with Gasteiger partial charge in [0.1, 0.15) is 5.82 Å². The molecule has 0 aliphatic carbocycles. The summed E-state index contributed by atoms with van der Waals surface area (Å²) in [7, 11) is 0. The zero-order valence-electron chi connectivity index (χ0n) is 17.6. The van der Waals surface area contributed by atoms with Crippen molar-refractivity contribution in [1.29, 1.82) is 0 Å². The third-order valence-electron chi connectivity index (χ3n) is 5.52. The van der Waals surface area contributed by atoms with Crippen LogP contribution in [0.1, 0.15) is 12.6 Å². The lowest BCUT2D eigenvalue weighted by Gasteiger charge is -2.05. The summed E-state index contributed by atoms with van der Waals surface area (Å²) < 4.78 is 2.13. The molecule has 0 unspecified atom stereocenters. The fraction of sp³-hybridized carbons (Fsp3) is 0.0741. The maximum absolute atomic E-state index is 4.95. The zero-order chi connectivity index (χ0) is 21.4. The van der Waals surface area contributed by atoms with Crippen LogP contribution >= 0.6 is 0 Å². The summed E-state index contributed by atoms with van der Waals surface area (Å²) >= 11 is 0. The van der Waals surface area contributed by atoms with Crippen molar-refractivity contribution in [1.82, 2.24) is 19.4 Å². The Kier molecular flexibility index (Phi) is 4.68. The second-order valence-electron chi connectivity index (χ2n) is 7.49. The third-order valence-corrected chi connectivity index (χ3v) is 5.52. The average Bonchev–Trinajstić information content (AvgIpc) is 3.16. The number of imidazole rings is 1. The summed E-state index contributed by atoms with van der Waals surface area (Å²) in [6.45, 7) is 8.17. The molecule has 0 atom stereocenters. The van der Waals surface area contributed by atoms with E-state index in [9.17, 15) is 0 Å². The van der Waals surface area contributed by atoms with Crippen molar-refractivity contribution < 1.29 is 0 Å². The molecule has 0 saturated carbocycles. The Labute approximate surface area is 180 Å². The van der Waals surface area contributed by atoms with E-state index in [0.29, 0.717) is 0 Å². The van der Waals surface area contributed by atoms with Crippen LogP contribution in [0.4, 0.5) is 0 Å². The van der Waals surface area contributed by atoms with Gasteiger partial charge in [-0.25, -0.2) is 9.97 Å². The third kappa shape index (κ3) is 3.32. The smallest absolute Gasteiger partial charge is 0.144 e. The van der Waals surface area contributed by atoms with E-state index in [2.05, 4.69) is 70.7 Å². The van der Waals surface area contributed by atoms with Crippen LogP contribution in [0, 0.1) is 17.6 Å². The van der Waals surface area contributed by atoms with Gasteiger partial charge in [-0.05, 0) is 48.6 Å². The van der Waals surface area contributed by atoms with E-state index in [4.69, 9.17) is 9.97 Å². The van der Waals surface area contributed by atoms with Gasteiger partial charge in [0.15, 0.2) is 0 Å². The van der Waals surface area contributed by atoms with E-state index in [-0.39, 0.29) is 0 Å². The summed E-state index contributed by atoms with van der Waals surface area (Å²) in [5.74, 6) is 0.944. The van der Waals surface area contributed by atoms with E-state index >= 15 is 0 Å². The van der Waals surface area contributed by atoms with Crippen LogP contribution in [-0.2, 0) is 0 Å². The molecule has 0 saturated heterocycles. The maximum Gasteiger partial charge on any atom is 0.144 e. The van der Waals surface area contributed by atoms with Crippen molar-refractivity contribution in [2.45, 2.75) is 13.8 Å². The van der Waals surface area contributed by atoms with Crippen LogP contribution in [0.5, 0.6) is 0 Å². The fourth-order valence-corrected chi connectivity index (χ4v) is 3.89. The SMILES string of the molecule is C=c1cccn/c1=c1\nc(-c2ccc(-c3nc(C)c4ccccn34)cc2)cc\c1=C\C. The minimum absolute atomic E-state index is 0.813. The molecular formula is C27H22N4. The van der Waals surface area contributed by atoms with Gasteiger partial charge in [-0.2, -0.15) is 0 Å². The quantitative estimate of drug-likeness (QED) is 0.443. The van der Waals surface area contributed by atoms with Crippen molar-refractivity contribution in [2.75, 3.05) is 0 Å². The Bertz CT molecular complexity index is 1610. The highest BCUT2D eigenvalue weighted by atomic mass is 15.0. The molecule has 1 aromatic carbocycles. The predicted molar refractivity (Wildman–Crippen MR) is 125 cm³/mol. The Balaban J connectivity index is 1.65. The van der Waals surface area contributed by atoms with Crippen LogP contribution < -0.4 is 10.4 Å². The second-order valence-corrected chi connectivity index (χ2v) is 7.49. The molecule has 0 bridgehead atoms. The van der Waals surface area contributed by atoms with Crippen LogP contribution in [0.15, 0.2) is 79.1 Å². The Hall–Kier alpha value is -4.05. The van der Waals surface area contributed by atoms with Crippen molar-refractivity contribution >= 4 is 18.2 Å². The van der Waals surface area contributed by atoms with Crippen LogP contribution in [0.3, 0.4) is 0 Å². The largest absolute Gasteiger partial charge is 0.300 e. The molecule has 4 nitrogen and oxygen atoms in total. The van der Waals surface area contributed by atoms with Gasteiger partial charge < -0.3 is 0 Å². The van der Waals surface area contributed by atoms with E-state index in [1.54, 1.807) is 6.20 Å². The Morgan fingerprint density at radius 2 is 1.65 bits per heavy atom. The minimum atomic E-state index is 0.813. The number of fused-ring (bicyclic) bond motifs is 1. The molecular weight excluding hydrogens is 380 g/mol. The number of nitrogens with zero attached hydrogens (tertiary/aromatic N) is 4. The van der Waals surface area contributed by atoms with E-state index in [1.807, 2.05) is 38.1 Å². The summed E-state index contributed by atoms with van der Waals surface area (Å²) in [5, 5.41) is 3.58. The molecule has 4 heteroatoms. The Morgan fingerprint density at radius 1 is 0.839 bits per heavy atom. The molecule has 0 aliphatic rings. The highest BCUT2D eigenvalue weighted by molar-refractivity contribution is 5.69. The van der Waals surface area contributed by atoms with Gasteiger partial charge in [0.25, 0.3) is 0 Å². The van der Waals surface area contributed by atoms with E-state index < -0.39 is 0 Å². The number of aromatic nitrogens is 4. The summed E-state index contributed by atoms with van der Waals surface area (Å²) in [5.41, 5.74) is 5.17. The molecule has 5 aromatic rings. The lowest BCUT2D eigenvalue weighted by molar-refractivity contribution is 1.12. The van der Waals surface area contributed by atoms with Gasteiger partial charge >= 0.3 is 0 Å². The molecule has 0 fully saturated rings. The second kappa shape index (κ2) is 7.65. The average molecular weight is 403 g/mol. The van der Waals surface area contributed by atoms with Crippen LogP contribution in [0.25, 0.3) is 40.8 Å². The lowest BCUT2D eigenvalue weighted by Crippen LogP contribution is -2.12. The highest BCUT2D eigenvalue weighted by Crippen LogP contribution is 2.25. The lowest BCUT2D eigenvalue weighted by atomic mass is 10.1. The number of aryl methyl sites for hydroxylation is 1. The molecule has 0 aliphatic heterocycles. The van der Waals surface area contributed by atoms with E-state index in [1.165, 1.54) is 0 Å². The first kappa shape index (κ1) is 18.9. The Morgan fingerprint density at radius 3 is 2.42 bits per heavy atom. The first-order chi connectivity index (χ1) is 15.2. The van der Waals surface area contributed by atoms with E-state index in [0.717, 1.165) is 55.0 Å². The first-order valence-corrected chi connectivity index (χ1v) is 10.3. The summed E-state index contributed by atoms with van der Waals surface area (Å²) in [6, 6.07) is 22.5. The van der Waals surface area contributed by atoms with Gasteiger partial charge in [-0.3, -0.25) is 9.38 Å². The van der Waals surface area contributed by atoms with Gasteiger partial charge in [0.2, 0.25) is 0 Å². The molecule has 150 valence electrons. The molecule has 0 radical (unpaired) electrons. The maximum atomic E-state index is 4.95. The minimum Gasteiger partial charge on any atom is -0.300 e. The standard InChI is InChI=1S/C27H22N4/c1-4-20-14-15-23(30-26(20)25-18(2)8-7-16-28-25)21-10-12-22(13-11-21)27-29-19(3)24-9-5-6-17-31(24)27/h4-17H,2H2,1,3H3/b20-4-,26-25-. The first-order valence-electron chi connectivity index (χ1n) is 10.3. The van der Waals surface area contributed by atoms with Crippen molar-refractivity contribution in [3.05, 3.63) is 106 Å². The van der Waals surface area contributed by atoms with Crippen LogP contribution in [0.2, 0.25) is 0 Å². The number of hydrogen-bond donors (Lipinski definition) is 0. The molecule has 4 aromatic heterocycles. The van der Waals surface area contributed by atoms with Gasteiger partial charge in [0.05, 0.1) is 27.6 Å². The fourth-order valence-electron chi connectivity index (χ4n) is 3.89. The summed E-state index contributed by atoms with van der Waals surface area (Å²) in [6.07, 6.45) is 5.88. The van der Waals surface area contributed by atoms with Gasteiger partial charge in [0, 0.05) is 23.5 Å². The monoisotopic (exact) mass is 402 g/mol. The van der Waals surface area contributed by atoms with Gasteiger partial charge in [-0.15, -0.1) is 0 Å². The van der Waals surface area contributed by atoms with Crippen molar-refractivity contribution in [2.24, 2.45) is 0 Å². The van der Waals surface area contributed by atoms with Gasteiger partial charge in [-0.1, -0.05) is 55.1 Å². The normalized spacial score (nSPS) is 13.0. The van der Waals surface area contributed by atoms with Crippen molar-refractivity contribution in [3.8, 4) is 22.6 Å². The predicted octanol–water partition coefficient (Wildman–Crippen LogP) is 4.26. The molecule has 0 spiro atoms. The highest BCUT2D eigenvalue weighted by Gasteiger charge is 2.10. The molecule has 5 rings (SSSR count). The molecule has 0 N–H and O–H groups in total. The molecule has 31 heavy (non-hydrogen) atoms. The number of hydrogen-bond acceptors (Lipinski definition) is 3. The molecule has 4 heterocycles. The topological polar surface area (TPSA) is 43.1 Å². The van der Waals surface area contributed by atoms with Crippen LogP contribution in [-0.4, -0.2) is 19.4 Å². The zero-order valence-corrected chi connectivity index (χ0v) is 17.6. The molecule has 0 amide bonds. The number of pyridine rings is 3.